The molecule has 7 nitrogen and oxygen atoms in total. The van der Waals surface area contributed by atoms with Crippen LogP contribution in [0, 0.1) is 0 Å². The minimum atomic E-state index is -3.70. The number of rotatable bonds is 9. The molecule has 1 aromatic heterocycles. The van der Waals surface area contributed by atoms with E-state index in [2.05, 4.69) is 21.0 Å². The van der Waals surface area contributed by atoms with Gasteiger partial charge in [0.2, 0.25) is 10.0 Å². The van der Waals surface area contributed by atoms with Gasteiger partial charge in [-0.25, -0.2) is 13.1 Å². The van der Waals surface area contributed by atoms with E-state index in [0.717, 1.165) is 25.2 Å². The first kappa shape index (κ1) is 22.3. The van der Waals surface area contributed by atoms with E-state index in [1.807, 2.05) is 18.2 Å². The van der Waals surface area contributed by atoms with Crippen LogP contribution in [0.2, 0.25) is 0 Å². The first-order valence-electron chi connectivity index (χ1n) is 10.7. The van der Waals surface area contributed by atoms with Crippen molar-refractivity contribution in [2.24, 2.45) is 0 Å². The van der Waals surface area contributed by atoms with Crippen LogP contribution in [0.5, 0.6) is 0 Å². The van der Waals surface area contributed by atoms with Gasteiger partial charge in [0, 0.05) is 18.7 Å². The molecule has 1 saturated heterocycles. The van der Waals surface area contributed by atoms with Gasteiger partial charge in [-0.15, -0.1) is 0 Å². The fraction of sp³-hybridized carbons (Fsp3) is 0.292. The molecule has 0 bridgehead atoms. The van der Waals surface area contributed by atoms with Gasteiger partial charge in [-0.1, -0.05) is 24.3 Å². The average Bonchev–Trinajstić information content (AvgIpc) is 3.51. The molecule has 0 radical (unpaired) electrons. The van der Waals surface area contributed by atoms with E-state index >= 15 is 0 Å². The van der Waals surface area contributed by atoms with E-state index in [1.165, 1.54) is 48.9 Å². The molecule has 1 aliphatic rings. The first-order valence-corrected chi connectivity index (χ1v) is 12.2. The van der Waals surface area contributed by atoms with Gasteiger partial charge in [-0.05, 0) is 73.5 Å². The number of benzene rings is 2. The van der Waals surface area contributed by atoms with E-state index in [0.29, 0.717) is 17.9 Å². The highest BCUT2D eigenvalue weighted by molar-refractivity contribution is 7.89. The van der Waals surface area contributed by atoms with Crippen LogP contribution in [-0.2, 0) is 29.7 Å². The maximum Gasteiger partial charge on any atom is 0.251 e. The van der Waals surface area contributed by atoms with Crippen molar-refractivity contribution in [2.75, 3.05) is 13.1 Å². The van der Waals surface area contributed by atoms with Crippen LogP contribution in [0.4, 0.5) is 0 Å². The van der Waals surface area contributed by atoms with E-state index < -0.39 is 10.0 Å². The minimum Gasteiger partial charge on any atom is -0.468 e. The van der Waals surface area contributed by atoms with Crippen LogP contribution in [0.15, 0.2) is 76.2 Å². The summed E-state index contributed by atoms with van der Waals surface area (Å²) in [5.74, 6) is 0.281. The maximum atomic E-state index is 12.6. The zero-order valence-electron chi connectivity index (χ0n) is 17.8. The van der Waals surface area contributed by atoms with Crippen LogP contribution in [0.3, 0.4) is 0 Å². The number of carbonyl (C=O) groups excluding carboxylic acids is 1. The van der Waals surface area contributed by atoms with Crippen molar-refractivity contribution in [1.29, 1.82) is 0 Å². The predicted molar refractivity (Wildman–Crippen MR) is 121 cm³/mol. The minimum absolute atomic E-state index is 0.0639. The molecule has 0 saturated carbocycles. The van der Waals surface area contributed by atoms with Crippen molar-refractivity contribution < 1.29 is 17.6 Å². The summed E-state index contributed by atoms with van der Waals surface area (Å²) >= 11 is 0. The van der Waals surface area contributed by atoms with Crippen molar-refractivity contribution >= 4 is 15.9 Å². The Kier molecular flexibility index (Phi) is 7.04. The molecule has 168 valence electrons. The van der Waals surface area contributed by atoms with Crippen LogP contribution in [0.1, 0.15) is 40.1 Å². The van der Waals surface area contributed by atoms with Gasteiger partial charge in [0.05, 0.1) is 17.7 Å². The quantitative estimate of drug-likeness (QED) is 0.519. The summed E-state index contributed by atoms with van der Waals surface area (Å²) in [5.41, 5.74) is 2.72. The lowest BCUT2D eigenvalue weighted by molar-refractivity contribution is 0.0950. The van der Waals surface area contributed by atoms with Gasteiger partial charge >= 0.3 is 0 Å². The molecule has 2 aromatic carbocycles. The molecule has 0 spiro atoms. The topological polar surface area (TPSA) is 91.7 Å². The molecule has 8 heteroatoms. The lowest BCUT2D eigenvalue weighted by Gasteiger charge is -2.17. The fourth-order valence-electron chi connectivity index (χ4n) is 3.79. The number of carbonyl (C=O) groups is 1. The molecule has 0 atom stereocenters. The molecular weight excluding hydrogens is 426 g/mol. The van der Waals surface area contributed by atoms with Crippen molar-refractivity contribution in [3.8, 4) is 0 Å². The summed E-state index contributed by atoms with van der Waals surface area (Å²) in [6, 6.07) is 17.4. The molecule has 2 heterocycles. The number of likely N-dealkylation sites (tertiary alicyclic amines) is 1. The molecule has 1 fully saturated rings. The van der Waals surface area contributed by atoms with Gasteiger partial charge in [0.15, 0.2) is 0 Å². The van der Waals surface area contributed by atoms with Crippen LogP contribution in [-0.4, -0.2) is 32.3 Å². The Morgan fingerprint density at radius 1 is 0.906 bits per heavy atom. The second kappa shape index (κ2) is 10.1. The van der Waals surface area contributed by atoms with Crippen LogP contribution < -0.4 is 10.0 Å². The third kappa shape index (κ3) is 5.64. The van der Waals surface area contributed by atoms with Crippen molar-refractivity contribution in [3.63, 3.8) is 0 Å². The Morgan fingerprint density at radius 2 is 1.62 bits per heavy atom. The summed E-state index contributed by atoms with van der Waals surface area (Å²) in [7, 11) is -3.70. The Hall–Kier alpha value is -2.94. The van der Waals surface area contributed by atoms with Gasteiger partial charge in [-0.2, -0.15) is 0 Å². The Morgan fingerprint density at radius 3 is 2.31 bits per heavy atom. The molecule has 1 amide bonds. The van der Waals surface area contributed by atoms with Gasteiger partial charge in [-0.3, -0.25) is 9.69 Å². The molecule has 1 aliphatic heterocycles. The number of hydrogen-bond acceptors (Lipinski definition) is 5. The average molecular weight is 454 g/mol. The fourth-order valence-corrected chi connectivity index (χ4v) is 4.78. The highest BCUT2D eigenvalue weighted by atomic mass is 32.2. The van der Waals surface area contributed by atoms with Gasteiger partial charge < -0.3 is 9.73 Å². The van der Waals surface area contributed by atoms with Gasteiger partial charge in [0.1, 0.15) is 5.76 Å². The number of nitrogens with one attached hydrogen (secondary N) is 2. The SMILES string of the molecule is O=C(NCc1ccccc1CN1CCCC1)c1ccc(S(=O)(=O)NCc2ccco2)cc1. The van der Waals surface area contributed by atoms with Crippen molar-refractivity contribution in [1.82, 2.24) is 14.9 Å². The van der Waals surface area contributed by atoms with E-state index in [4.69, 9.17) is 4.42 Å². The number of nitrogens with zero attached hydrogens (tertiary/aromatic N) is 1. The zero-order valence-corrected chi connectivity index (χ0v) is 18.6. The molecule has 4 rings (SSSR count). The number of sulfonamides is 1. The monoisotopic (exact) mass is 453 g/mol. The molecule has 0 aliphatic carbocycles. The largest absolute Gasteiger partial charge is 0.468 e. The van der Waals surface area contributed by atoms with Crippen LogP contribution in [0.25, 0.3) is 0 Å². The predicted octanol–water partition coefficient (Wildman–Crippen LogP) is 3.28. The summed E-state index contributed by atoms with van der Waals surface area (Å²) in [6.07, 6.45) is 3.97. The highest BCUT2D eigenvalue weighted by Crippen LogP contribution is 2.17. The molecule has 3 aromatic rings. The Balaban J connectivity index is 1.35. The number of furan rings is 1. The van der Waals surface area contributed by atoms with Crippen molar-refractivity contribution in [2.45, 2.75) is 37.4 Å². The van der Waals surface area contributed by atoms with E-state index in [9.17, 15) is 13.2 Å². The summed E-state index contributed by atoms with van der Waals surface area (Å²) in [4.78, 5) is 15.1. The summed E-state index contributed by atoms with van der Waals surface area (Å²) in [5, 5.41) is 2.95. The lowest BCUT2D eigenvalue weighted by atomic mass is 10.1. The summed E-state index contributed by atoms with van der Waals surface area (Å²) < 4.78 is 32.5. The molecule has 0 unspecified atom stereocenters. The van der Waals surface area contributed by atoms with E-state index in [-0.39, 0.29) is 17.3 Å². The molecule has 2 N–H and O–H groups in total. The Bertz CT molecular complexity index is 1140. The third-order valence-electron chi connectivity index (χ3n) is 5.59. The Labute approximate surface area is 188 Å². The van der Waals surface area contributed by atoms with Gasteiger partial charge in [0.25, 0.3) is 5.91 Å². The number of amides is 1. The smallest absolute Gasteiger partial charge is 0.251 e. The second-order valence-electron chi connectivity index (χ2n) is 7.86. The molecular formula is C24H27N3O4S. The summed E-state index contributed by atoms with van der Waals surface area (Å²) in [6.45, 7) is 3.62. The van der Waals surface area contributed by atoms with Crippen LogP contribution >= 0.6 is 0 Å². The van der Waals surface area contributed by atoms with Crippen molar-refractivity contribution in [3.05, 3.63) is 89.4 Å². The lowest BCUT2D eigenvalue weighted by Crippen LogP contribution is -2.25. The zero-order chi connectivity index (χ0) is 22.4. The standard InChI is InChI=1S/C24H27N3O4S/c28-24(25-16-20-6-1-2-7-21(20)18-27-13-3-4-14-27)19-9-11-23(12-10-19)32(29,30)26-17-22-8-5-15-31-22/h1-2,5-12,15,26H,3-4,13-14,16-18H2,(H,25,28). The second-order valence-corrected chi connectivity index (χ2v) is 9.63. The molecule has 32 heavy (non-hydrogen) atoms. The highest BCUT2D eigenvalue weighted by Gasteiger charge is 2.16. The number of hydrogen-bond donors (Lipinski definition) is 2. The maximum absolute atomic E-state index is 12.6. The first-order chi connectivity index (χ1) is 15.5. The normalized spacial score (nSPS) is 14.5. The third-order valence-corrected chi connectivity index (χ3v) is 7.01. The van der Waals surface area contributed by atoms with E-state index in [1.54, 1.807) is 12.1 Å².